The zero-order valence-electron chi connectivity index (χ0n) is 18.9. The Balaban J connectivity index is 1.63. The van der Waals surface area contributed by atoms with Crippen LogP contribution in [0.1, 0.15) is 48.3 Å². The normalized spacial score (nSPS) is 22.1. The van der Waals surface area contributed by atoms with Crippen molar-refractivity contribution in [1.82, 2.24) is 15.0 Å². The third-order valence-corrected chi connectivity index (χ3v) is 5.81. The number of carbonyl (C=O) groups is 1. The van der Waals surface area contributed by atoms with Crippen LogP contribution in [0.15, 0.2) is 42.9 Å². The number of aliphatic hydroxyl groups is 2. The van der Waals surface area contributed by atoms with Crippen LogP contribution >= 0.6 is 0 Å². The number of nitrogens with zero attached hydrogens (tertiary/aromatic N) is 3. The quantitative estimate of drug-likeness (QED) is 0.417. The maximum atomic E-state index is 14.2. The van der Waals surface area contributed by atoms with Gasteiger partial charge in [-0.05, 0) is 24.6 Å². The van der Waals surface area contributed by atoms with Gasteiger partial charge in [0.2, 0.25) is 0 Å². The number of aromatic nitrogens is 3. The highest BCUT2D eigenvalue weighted by atomic mass is 19.1. The van der Waals surface area contributed by atoms with Crippen LogP contribution in [0.4, 0.5) is 20.2 Å². The molecule has 3 heterocycles. The van der Waals surface area contributed by atoms with Crippen molar-refractivity contribution < 1.29 is 28.5 Å². The monoisotopic (exact) mass is 485 g/mol. The van der Waals surface area contributed by atoms with Crippen molar-refractivity contribution in [2.75, 3.05) is 11.1 Å². The molecule has 0 radical (unpaired) electrons. The Morgan fingerprint density at radius 1 is 1.23 bits per heavy atom. The van der Waals surface area contributed by atoms with Crippen molar-refractivity contribution in [3.63, 3.8) is 0 Å². The van der Waals surface area contributed by atoms with E-state index in [0.29, 0.717) is 12.0 Å². The first-order valence-corrected chi connectivity index (χ1v) is 11.1. The highest BCUT2D eigenvalue weighted by Gasteiger charge is 2.37. The molecule has 1 saturated heterocycles. The molecule has 11 heteroatoms. The number of halogens is 2. The van der Waals surface area contributed by atoms with Crippen LogP contribution in [0, 0.1) is 11.6 Å². The lowest BCUT2D eigenvalue weighted by Gasteiger charge is -2.38. The van der Waals surface area contributed by atoms with Gasteiger partial charge in [0.25, 0.3) is 5.91 Å². The van der Waals surface area contributed by atoms with Crippen molar-refractivity contribution in [3.8, 4) is 11.4 Å². The predicted molar refractivity (Wildman–Crippen MR) is 123 cm³/mol. The minimum Gasteiger partial charge on any atom is -0.396 e. The van der Waals surface area contributed by atoms with Crippen LogP contribution in [-0.4, -0.2) is 49.4 Å². The minimum atomic E-state index is -1.01. The van der Waals surface area contributed by atoms with E-state index in [0.717, 1.165) is 24.8 Å². The number of pyridine rings is 1. The zero-order valence-corrected chi connectivity index (χ0v) is 18.9. The smallest absolute Gasteiger partial charge is 0.276 e. The standard InChI is InChI=1S/C24H25F2N5O4/c1-2-4-18-22(33)17(32)9-19(35-18)12-7-8-28-11-16(12)30-24(34)21-15(27)10-29-23(31-21)20-13(25)5-3-6-14(20)26/h3,5-8,10-11,17-19,22,32-33H,2,4,9,27H2,1H3,(H,30,34)/t17-,18-,19-,22+/m1/s1. The van der Waals surface area contributed by atoms with Crippen molar-refractivity contribution in [2.45, 2.75) is 50.6 Å². The van der Waals surface area contributed by atoms with E-state index in [-0.39, 0.29) is 29.3 Å². The molecule has 0 aliphatic carbocycles. The van der Waals surface area contributed by atoms with Gasteiger partial charge in [-0.25, -0.2) is 18.7 Å². The summed E-state index contributed by atoms with van der Waals surface area (Å²) in [6, 6.07) is 4.96. The molecule has 2 aromatic heterocycles. The summed E-state index contributed by atoms with van der Waals surface area (Å²) in [7, 11) is 0. The number of nitrogens with one attached hydrogen (secondary N) is 1. The number of nitrogen functional groups attached to an aromatic ring is 1. The van der Waals surface area contributed by atoms with E-state index < -0.39 is 47.5 Å². The zero-order chi connectivity index (χ0) is 25.1. The van der Waals surface area contributed by atoms with Crippen LogP contribution in [0.2, 0.25) is 0 Å². The number of amides is 1. The van der Waals surface area contributed by atoms with Gasteiger partial charge in [-0.15, -0.1) is 0 Å². The molecule has 0 bridgehead atoms. The summed E-state index contributed by atoms with van der Waals surface area (Å²) >= 11 is 0. The van der Waals surface area contributed by atoms with E-state index in [9.17, 15) is 23.8 Å². The van der Waals surface area contributed by atoms with Gasteiger partial charge in [0, 0.05) is 18.2 Å². The third-order valence-electron chi connectivity index (χ3n) is 5.81. The molecular weight excluding hydrogens is 460 g/mol. The molecule has 9 nitrogen and oxygen atoms in total. The second-order valence-corrected chi connectivity index (χ2v) is 8.26. The molecular formula is C24H25F2N5O4. The second kappa shape index (κ2) is 10.4. The summed E-state index contributed by atoms with van der Waals surface area (Å²) in [6.07, 6.45) is 2.23. The summed E-state index contributed by atoms with van der Waals surface area (Å²) in [5.74, 6) is -2.85. The molecule has 4 atom stereocenters. The number of benzene rings is 1. The first-order valence-electron chi connectivity index (χ1n) is 11.1. The van der Waals surface area contributed by atoms with Gasteiger partial charge in [0.1, 0.15) is 17.7 Å². The van der Waals surface area contributed by atoms with Gasteiger partial charge in [-0.3, -0.25) is 9.78 Å². The maximum Gasteiger partial charge on any atom is 0.276 e. The molecule has 0 unspecified atom stereocenters. The van der Waals surface area contributed by atoms with E-state index in [1.807, 2.05) is 6.92 Å². The number of rotatable bonds is 6. The molecule has 184 valence electrons. The fourth-order valence-corrected chi connectivity index (χ4v) is 4.05. The van der Waals surface area contributed by atoms with E-state index in [4.69, 9.17) is 10.5 Å². The Hall–Kier alpha value is -3.54. The number of nitrogens with two attached hydrogens (primary N) is 1. The van der Waals surface area contributed by atoms with Crippen LogP contribution in [-0.2, 0) is 4.74 Å². The number of ether oxygens (including phenoxy) is 1. The molecule has 1 aliphatic rings. The van der Waals surface area contributed by atoms with E-state index >= 15 is 0 Å². The molecule has 1 fully saturated rings. The van der Waals surface area contributed by atoms with Crippen LogP contribution in [0.25, 0.3) is 11.4 Å². The summed E-state index contributed by atoms with van der Waals surface area (Å²) in [6.45, 7) is 1.94. The number of carbonyl (C=O) groups excluding carboxylic acids is 1. The van der Waals surface area contributed by atoms with E-state index in [1.165, 1.54) is 18.5 Å². The van der Waals surface area contributed by atoms with Crippen LogP contribution < -0.4 is 11.1 Å². The molecule has 1 amide bonds. The van der Waals surface area contributed by atoms with Gasteiger partial charge < -0.3 is 26.0 Å². The highest BCUT2D eigenvalue weighted by Crippen LogP contribution is 2.36. The van der Waals surface area contributed by atoms with E-state index in [2.05, 4.69) is 20.3 Å². The third kappa shape index (κ3) is 5.11. The first-order chi connectivity index (χ1) is 16.8. The number of hydrogen-bond acceptors (Lipinski definition) is 8. The maximum absolute atomic E-state index is 14.2. The van der Waals surface area contributed by atoms with Crippen molar-refractivity contribution in [3.05, 3.63) is 65.7 Å². The van der Waals surface area contributed by atoms with Crippen molar-refractivity contribution in [2.24, 2.45) is 0 Å². The first kappa shape index (κ1) is 24.6. The number of anilines is 2. The lowest BCUT2D eigenvalue weighted by Crippen LogP contribution is -2.45. The lowest BCUT2D eigenvalue weighted by molar-refractivity contribution is -0.172. The number of aliphatic hydroxyl groups excluding tert-OH is 2. The Morgan fingerprint density at radius 3 is 2.69 bits per heavy atom. The van der Waals surface area contributed by atoms with Crippen molar-refractivity contribution >= 4 is 17.3 Å². The van der Waals surface area contributed by atoms with Crippen molar-refractivity contribution in [1.29, 1.82) is 0 Å². The van der Waals surface area contributed by atoms with Gasteiger partial charge in [0.05, 0.1) is 47.6 Å². The molecule has 35 heavy (non-hydrogen) atoms. The van der Waals surface area contributed by atoms with Gasteiger partial charge >= 0.3 is 0 Å². The fourth-order valence-electron chi connectivity index (χ4n) is 4.05. The second-order valence-electron chi connectivity index (χ2n) is 8.26. The Kier molecular flexibility index (Phi) is 7.29. The minimum absolute atomic E-state index is 0.0936. The average molecular weight is 485 g/mol. The number of hydrogen-bond donors (Lipinski definition) is 4. The van der Waals surface area contributed by atoms with E-state index in [1.54, 1.807) is 6.07 Å². The molecule has 1 aliphatic heterocycles. The summed E-state index contributed by atoms with van der Waals surface area (Å²) in [5, 5.41) is 23.3. The average Bonchev–Trinajstić information content (AvgIpc) is 2.83. The summed E-state index contributed by atoms with van der Waals surface area (Å²) < 4.78 is 34.4. The van der Waals surface area contributed by atoms with Crippen LogP contribution in [0.5, 0.6) is 0 Å². The largest absolute Gasteiger partial charge is 0.396 e. The SMILES string of the molecule is CCC[C@H]1O[C@@H](c2ccncc2NC(=O)c2nc(-c3c(F)cccc3F)ncc2N)C[C@@H](O)[C@@H]1O. The lowest BCUT2D eigenvalue weighted by atomic mass is 9.92. The molecule has 0 spiro atoms. The van der Waals surface area contributed by atoms with Crippen LogP contribution in [0.3, 0.4) is 0 Å². The predicted octanol–water partition coefficient (Wildman–Crippen LogP) is 3.00. The Labute approximate surface area is 200 Å². The fraction of sp³-hybridized carbons (Fsp3) is 0.333. The molecule has 1 aromatic carbocycles. The molecule has 4 rings (SSSR count). The molecule has 5 N–H and O–H groups in total. The van der Waals surface area contributed by atoms with Gasteiger partial charge in [-0.2, -0.15) is 0 Å². The highest BCUT2D eigenvalue weighted by molar-refractivity contribution is 6.06. The Bertz CT molecular complexity index is 1210. The Morgan fingerprint density at radius 2 is 1.97 bits per heavy atom. The van der Waals surface area contributed by atoms with Gasteiger partial charge in [0.15, 0.2) is 11.5 Å². The summed E-state index contributed by atoms with van der Waals surface area (Å²) in [4.78, 5) is 25.0. The van der Waals surface area contributed by atoms with Gasteiger partial charge in [-0.1, -0.05) is 19.4 Å². The molecule has 3 aromatic rings. The molecule has 0 saturated carbocycles. The summed E-state index contributed by atoms with van der Waals surface area (Å²) in [5.41, 5.74) is 5.85. The topological polar surface area (TPSA) is 143 Å².